The standard InChI is InChI=1S/C21H17Cl2N3O4/c1-13(20(28)24-18-11-15(22)7-8-16(18)23)30-21(29)17-9-10-19(27)26(25-17)12-14-5-3-2-4-6-14/h2-11,13H,12H2,1H3,(H,24,28). The summed E-state index contributed by atoms with van der Waals surface area (Å²) < 4.78 is 6.34. The lowest BCUT2D eigenvalue weighted by Crippen LogP contribution is -2.31. The zero-order valence-electron chi connectivity index (χ0n) is 15.8. The maximum Gasteiger partial charge on any atom is 0.359 e. The number of nitrogens with zero attached hydrogens (tertiary/aromatic N) is 2. The van der Waals surface area contributed by atoms with Gasteiger partial charge in [0.2, 0.25) is 0 Å². The van der Waals surface area contributed by atoms with E-state index in [1.807, 2.05) is 30.3 Å². The maximum absolute atomic E-state index is 12.4. The van der Waals surface area contributed by atoms with Crippen LogP contribution in [0.3, 0.4) is 0 Å². The van der Waals surface area contributed by atoms with Gasteiger partial charge in [-0.2, -0.15) is 5.10 Å². The Balaban J connectivity index is 1.69. The number of amides is 1. The van der Waals surface area contributed by atoms with Gasteiger partial charge < -0.3 is 10.1 Å². The second kappa shape index (κ2) is 9.56. The number of carbonyl (C=O) groups excluding carboxylic acids is 2. The van der Waals surface area contributed by atoms with Crippen LogP contribution in [-0.4, -0.2) is 27.8 Å². The second-order valence-corrected chi connectivity index (χ2v) is 7.20. The summed E-state index contributed by atoms with van der Waals surface area (Å²) in [6.45, 7) is 1.61. The zero-order chi connectivity index (χ0) is 21.7. The van der Waals surface area contributed by atoms with Crippen LogP contribution >= 0.6 is 23.2 Å². The molecule has 1 atom stereocenters. The van der Waals surface area contributed by atoms with Crippen molar-refractivity contribution >= 4 is 40.8 Å². The number of nitrogens with one attached hydrogen (secondary N) is 1. The van der Waals surface area contributed by atoms with Gasteiger partial charge >= 0.3 is 5.97 Å². The van der Waals surface area contributed by atoms with E-state index in [0.717, 1.165) is 10.2 Å². The lowest BCUT2D eigenvalue weighted by molar-refractivity contribution is -0.123. The van der Waals surface area contributed by atoms with Crippen LogP contribution in [0.15, 0.2) is 65.5 Å². The van der Waals surface area contributed by atoms with Crippen LogP contribution in [-0.2, 0) is 16.1 Å². The van der Waals surface area contributed by atoms with Crippen molar-refractivity contribution in [3.63, 3.8) is 0 Å². The molecule has 30 heavy (non-hydrogen) atoms. The Bertz CT molecular complexity index is 1130. The predicted octanol–water partition coefficient (Wildman–Crippen LogP) is 3.78. The number of hydrogen-bond donors (Lipinski definition) is 1. The fourth-order valence-corrected chi connectivity index (χ4v) is 2.87. The fraction of sp³-hybridized carbons (Fsp3) is 0.143. The van der Waals surface area contributed by atoms with Gasteiger partial charge in [0.1, 0.15) is 0 Å². The van der Waals surface area contributed by atoms with Crippen LogP contribution in [0.2, 0.25) is 10.0 Å². The molecule has 2 aromatic carbocycles. The van der Waals surface area contributed by atoms with E-state index in [4.69, 9.17) is 27.9 Å². The highest BCUT2D eigenvalue weighted by molar-refractivity contribution is 6.35. The maximum atomic E-state index is 12.4. The molecule has 0 fully saturated rings. The number of carbonyl (C=O) groups is 2. The lowest BCUT2D eigenvalue weighted by atomic mass is 10.2. The minimum absolute atomic E-state index is 0.0917. The van der Waals surface area contributed by atoms with Gasteiger partial charge in [-0.3, -0.25) is 9.59 Å². The molecule has 7 nitrogen and oxygen atoms in total. The van der Waals surface area contributed by atoms with Gasteiger partial charge in [-0.25, -0.2) is 9.48 Å². The Hall–Kier alpha value is -3.16. The van der Waals surface area contributed by atoms with Gasteiger partial charge in [-0.1, -0.05) is 53.5 Å². The van der Waals surface area contributed by atoms with Crippen LogP contribution in [0.4, 0.5) is 5.69 Å². The van der Waals surface area contributed by atoms with Gasteiger partial charge in [-0.15, -0.1) is 0 Å². The number of hydrogen-bond acceptors (Lipinski definition) is 5. The number of benzene rings is 2. The minimum atomic E-state index is -1.14. The second-order valence-electron chi connectivity index (χ2n) is 6.36. The van der Waals surface area contributed by atoms with E-state index in [1.54, 1.807) is 6.07 Å². The van der Waals surface area contributed by atoms with Crippen molar-refractivity contribution in [1.82, 2.24) is 9.78 Å². The molecule has 0 saturated heterocycles. The Morgan fingerprint density at radius 1 is 1.10 bits per heavy atom. The number of anilines is 1. The molecular weight excluding hydrogens is 429 g/mol. The number of aromatic nitrogens is 2. The number of rotatable bonds is 6. The molecule has 0 aliphatic rings. The first-order valence-electron chi connectivity index (χ1n) is 8.92. The summed E-state index contributed by atoms with van der Waals surface area (Å²) in [5.41, 5.74) is 0.693. The minimum Gasteiger partial charge on any atom is -0.448 e. The van der Waals surface area contributed by atoms with Crippen LogP contribution < -0.4 is 10.9 Å². The highest BCUT2D eigenvalue weighted by atomic mass is 35.5. The molecule has 0 radical (unpaired) electrons. The van der Waals surface area contributed by atoms with Crippen LogP contribution in [0.5, 0.6) is 0 Å². The summed E-state index contributed by atoms with van der Waals surface area (Å²) in [7, 11) is 0. The third kappa shape index (κ3) is 5.46. The Morgan fingerprint density at radius 3 is 2.57 bits per heavy atom. The molecule has 0 aliphatic carbocycles. The third-order valence-electron chi connectivity index (χ3n) is 4.09. The van der Waals surface area contributed by atoms with Crippen molar-refractivity contribution in [2.75, 3.05) is 5.32 Å². The van der Waals surface area contributed by atoms with E-state index in [2.05, 4.69) is 10.4 Å². The SMILES string of the molecule is CC(OC(=O)c1ccc(=O)n(Cc2ccccc2)n1)C(=O)Nc1cc(Cl)ccc1Cl. The topological polar surface area (TPSA) is 90.3 Å². The molecule has 3 aromatic rings. The Labute approximate surface area is 182 Å². The average molecular weight is 446 g/mol. The third-order valence-corrected chi connectivity index (χ3v) is 4.65. The largest absolute Gasteiger partial charge is 0.448 e. The highest BCUT2D eigenvalue weighted by Crippen LogP contribution is 2.25. The van der Waals surface area contributed by atoms with Crippen molar-refractivity contribution in [2.45, 2.75) is 19.6 Å². The number of halogens is 2. The van der Waals surface area contributed by atoms with E-state index in [9.17, 15) is 14.4 Å². The van der Waals surface area contributed by atoms with Gasteiger partial charge in [0.15, 0.2) is 11.8 Å². The molecule has 0 spiro atoms. The van der Waals surface area contributed by atoms with Gasteiger partial charge in [0.05, 0.1) is 17.3 Å². The molecule has 0 aliphatic heterocycles. The van der Waals surface area contributed by atoms with Crippen molar-refractivity contribution in [3.8, 4) is 0 Å². The quantitative estimate of drug-likeness (QED) is 0.582. The van der Waals surface area contributed by atoms with E-state index in [0.29, 0.717) is 15.7 Å². The Kier molecular flexibility index (Phi) is 6.87. The molecule has 1 aromatic heterocycles. The highest BCUT2D eigenvalue weighted by Gasteiger charge is 2.21. The predicted molar refractivity (Wildman–Crippen MR) is 114 cm³/mol. The van der Waals surface area contributed by atoms with E-state index in [-0.39, 0.29) is 17.8 Å². The summed E-state index contributed by atoms with van der Waals surface area (Å²) in [5, 5.41) is 7.29. The first kappa shape index (κ1) is 21.5. The molecule has 1 N–H and O–H groups in total. The lowest BCUT2D eigenvalue weighted by Gasteiger charge is -2.14. The molecule has 0 saturated carbocycles. The Morgan fingerprint density at radius 2 is 1.83 bits per heavy atom. The van der Waals surface area contributed by atoms with Crippen LogP contribution in [0.1, 0.15) is 23.0 Å². The molecule has 0 bridgehead atoms. The summed E-state index contributed by atoms with van der Waals surface area (Å²) in [4.78, 5) is 36.8. The monoisotopic (exact) mass is 445 g/mol. The van der Waals surface area contributed by atoms with Crippen molar-refractivity contribution < 1.29 is 14.3 Å². The smallest absolute Gasteiger partial charge is 0.359 e. The molecule has 9 heteroatoms. The summed E-state index contributed by atoms with van der Waals surface area (Å²) in [5.74, 6) is -1.43. The summed E-state index contributed by atoms with van der Waals surface area (Å²) in [6.07, 6.45) is -1.14. The van der Waals surface area contributed by atoms with Gasteiger partial charge in [-0.05, 0) is 36.8 Å². The van der Waals surface area contributed by atoms with Crippen molar-refractivity contribution in [2.24, 2.45) is 0 Å². The van der Waals surface area contributed by atoms with E-state index in [1.165, 1.54) is 31.2 Å². The number of ether oxygens (including phenoxy) is 1. The van der Waals surface area contributed by atoms with Crippen LogP contribution in [0, 0.1) is 0 Å². The molecule has 1 unspecified atom stereocenters. The van der Waals surface area contributed by atoms with Gasteiger partial charge in [0.25, 0.3) is 11.5 Å². The zero-order valence-corrected chi connectivity index (χ0v) is 17.4. The van der Waals surface area contributed by atoms with Crippen LogP contribution in [0.25, 0.3) is 0 Å². The molecule has 3 rings (SSSR count). The molecule has 1 amide bonds. The first-order valence-corrected chi connectivity index (χ1v) is 9.68. The fourth-order valence-electron chi connectivity index (χ4n) is 2.53. The average Bonchev–Trinajstić information content (AvgIpc) is 2.73. The summed E-state index contributed by atoms with van der Waals surface area (Å²) >= 11 is 11.9. The number of esters is 1. The first-order chi connectivity index (χ1) is 14.3. The summed E-state index contributed by atoms with van der Waals surface area (Å²) in [6, 6.07) is 16.3. The molecular formula is C21H17Cl2N3O4. The normalized spacial score (nSPS) is 11.6. The van der Waals surface area contributed by atoms with Gasteiger partial charge in [0, 0.05) is 11.1 Å². The van der Waals surface area contributed by atoms with E-state index < -0.39 is 18.0 Å². The van der Waals surface area contributed by atoms with Crippen molar-refractivity contribution in [1.29, 1.82) is 0 Å². The van der Waals surface area contributed by atoms with E-state index >= 15 is 0 Å². The van der Waals surface area contributed by atoms with Crippen molar-refractivity contribution in [3.05, 3.63) is 92.3 Å². The molecule has 154 valence electrons. The molecule has 1 heterocycles.